The van der Waals surface area contributed by atoms with Crippen LogP contribution in [0.1, 0.15) is 38.5 Å². The van der Waals surface area contributed by atoms with E-state index in [1.807, 2.05) is 0 Å². The Hall–Kier alpha value is -0.650. The highest BCUT2D eigenvalue weighted by Gasteiger charge is 2.33. The number of carbonyl (C=O) groups excluding carboxylic acids is 1. The van der Waals surface area contributed by atoms with Crippen LogP contribution in [0.25, 0.3) is 0 Å². The van der Waals surface area contributed by atoms with Gasteiger partial charge in [0.25, 0.3) is 0 Å². The molecule has 104 valence electrons. The van der Waals surface area contributed by atoms with Gasteiger partial charge in [-0.2, -0.15) is 0 Å². The van der Waals surface area contributed by atoms with E-state index in [0.717, 1.165) is 25.9 Å². The summed E-state index contributed by atoms with van der Waals surface area (Å²) < 4.78 is 10.8. The summed E-state index contributed by atoms with van der Waals surface area (Å²) in [5.41, 5.74) is -0.466. The number of hydrogen-bond donors (Lipinski definition) is 2. The molecule has 0 aromatic rings. The van der Waals surface area contributed by atoms with Gasteiger partial charge >= 0.3 is 0 Å². The maximum absolute atomic E-state index is 11.9. The average Bonchev–Trinajstić information content (AvgIpc) is 2.91. The van der Waals surface area contributed by atoms with Gasteiger partial charge < -0.3 is 19.9 Å². The lowest BCUT2D eigenvalue weighted by atomic mass is 9.90. The van der Waals surface area contributed by atoms with Crippen LogP contribution >= 0.6 is 0 Å². The lowest BCUT2D eigenvalue weighted by molar-refractivity contribution is -0.125. The minimum Gasteiger partial charge on any atom is -0.394 e. The van der Waals surface area contributed by atoms with Crippen LogP contribution in [0.2, 0.25) is 0 Å². The van der Waals surface area contributed by atoms with Crippen molar-refractivity contribution in [3.05, 3.63) is 0 Å². The fraction of sp³-hybridized carbons (Fsp3) is 0.923. The molecular weight excluding hydrogens is 234 g/mol. The summed E-state index contributed by atoms with van der Waals surface area (Å²) in [4.78, 5) is 11.9. The molecule has 2 aliphatic heterocycles. The lowest BCUT2D eigenvalue weighted by Crippen LogP contribution is -2.54. The van der Waals surface area contributed by atoms with Gasteiger partial charge in [0.2, 0.25) is 5.91 Å². The standard InChI is InChI=1S/C13H23NO4/c15-10-13(5-8-17-9-6-13)14-12(16)4-3-11-2-1-7-18-11/h11,15H,1-10H2,(H,14,16). The van der Waals surface area contributed by atoms with Crippen LogP contribution in [0, 0.1) is 0 Å². The molecule has 0 aromatic heterocycles. The molecule has 5 nitrogen and oxygen atoms in total. The van der Waals surface area contributed by atoms with E-state index in [0.29, 0.717) is 32.5 Å². The van der Waals surface area contributed by atoms with Crippen molar-refractivity contribution in [2.24, 2.45) is 0 Å². The van der Waals surface area contributed by atoms with Crippen LogP contribution in [0.4, 0.5) is 0 Å². The molecule has 5 heteroatoms. The van der Waals surface area contributed by atoms with Crippen LogP contribution in [0.5, 0.6) is 0 Å². The van der Waals surface area contributed by atoms with Crippen LogP contribution < -0.4 is 5.32 Å². The highest BCUT2D eigenvalue weighted by molar-refractivity contribution is 5.76. The van der Waals surface area contributed by atoms with Gasteiger partial charge in [-0.15, -0.1) is 0 Å². The number of ether oxygens (including phenoxy) is 2. The maximum atomic E-state index is 11.9. The van der Waals surface area contributed by atoms with Gasteiger partial charge in [0.1, 0.15) is 0 Å². The number of hydrogen-bond acceptors (Lipinski definition) is 4. The van der Waals surface area contributed by atoms with Gasteiger partial charge in [0.05, 0.1) is 18.2 Å². The highest BCUT2D eigenvalue weighted by atomic mass is 16.5. The minimum atomic E-state index is -0.466. The second-order valence-electron chi connectivity index (χ2n) is 5.27. The number of amides is 1. The van der Waals surface area contributed by atoms with Crippen molar-refractivity contribution in [1.82, 2.24) is 5.32 Å². The molecule has 1 amide bonds. The first-order chi connectivity index (χ1) is 8.74. The number of nitrogens with one attached hydrogen (secondary N) is 1. The Kier molecular flexibility index (Phi) is 4.97. The molecule has 2 N–H and O–H groups in total. The lowest BCUT2D eigenvalue weighted by Gasteiger charge is -2.36. The second kappa shape index (κ2) is 6.50. The molecule has 0 aromatic carbocycles. The molecule has 0 spiro atoms. The van der Waals surface area contributed by atoms with Gasteiger partial charge in [-0.05, 0) is 32.1 Å². The first-order valence-corrected chi connectivity index (χ1v) is 6.85. The molecular formula is C13H23NO4. The molecule has 1 atom stereocenters. The highest BCUT2D eigenvalue weighted by Crippen LogP contribution is 2.21. The average molecular weight is 257 g/mol. The molecule has 1 unspecified atom stereocenters. The van der Waals surface area contributed by atoms with Gasteiger partial charge in [0.15, 0.2) is 0 Å². The van der Waals surface area contributed by atoms with Crippen molar-refractivity contribution in [1.29, 1.82) is 0 Å². The fourth-order valence-electron chi connectivity index (χ4n) is 2.61. The number of aliphatic hydroxyl groups is 1. The Balaban J connectivity index is 1.74. The zero-order valence-corrected chi connectivity index (χ0v) is 10.8. The molecule has 2 heterocycles. The van der Waals surface area contributed by atoms with Crippen LogP contribution in [0.15, 0.2) is 0 Å². The molecule has 2 fully saturated rings. The summed E-state index contributed by atoms with van der Waals surface area (Å²) in [6, 6.07) is 0. The van der Waals surface area contributed by atoms with E-state index >= 15 is 0 Å². The smallest absolute Gasteiger partial charge is 0.220 e. The summed E-state index contributed by atoms with van der Waals surface area (Å²) in [6.45, 7) is 2.02. The van der Waals surface area contributed by atoms with Gasteiger partial charge in [-0.3, -0.25) is 4.79 Å². The Labute approximate surface area is 108 Å². The number of aliphatic hydroxyl groups excluding tert-OH is 1. The monoisotopic (exact) mass is 257 g/mol. The molecule has 0 radical (unpaired) electrons. The number of rotatable bonds is 5. The third-order valence-corrected chi connectivity index (χ3v) is 3.87. The van der Waals surface area contributed by atoms with Crippen LogP contribution in [0.3, 0.4) is 0 Å². The van der Waals surface area contributed by atoms with E-state index in [-0.39, 0.29) is 18.6 Å². The van der Waals surface area contributed by atoms with E-state index in [2.05, 4.69) is 5.32 Å². The van der Waals surface area contributed by atoms with E-state index in [1.54, 1.807) is 0 Å². The van der Waals surface area contributed by atoms with E-state index < -0.39 is 5.54 Å². The zero-order valence-electron chi connectivity index (χ0n) is 10.8. The van der Waals surface area contributed by atoms with E-state index in [9.17, 15) is 9.90 Å². The molecule has 0 aliphatic carbocycles. The van der Waals surface area contributed by atoms with Crippen molar-refractivity contribution >= 4 is 5.91 Å². The first kappa shape index (κ1) is 13.8. The van der Waals surface area contributed by atoms with Crippen molar-refractivity contribution in [3.8, 4) is 0 Å². The van der Waals surface area contributed by atoms with Gasteiger partial charge in [0, 0.05) is 26.2 Å². The minimum absolute atomic E-state index is 0.0119. The third-order valence-electron chi connectivity index (χ3n) is 3.87. The molecule has 2 saturated heterocycles. The Morgan fingerprint density at radius 1 is 1.33 bits per heavy atom. The summed E-state index contributed by atoms with van der Waals surface area (Å²) in [5.74, 6) is 0.0152. The van der Waals surface area contributed by atoms with Crippen molar-refractivity contribution in [3.63, 3.8) is 0 Å². The maximum Gasteiger partial charge on any atom is 0.220 e. The topological polar surface area (TPSA) is 67.8 Å². The second-order valence-corrected chi connectivity index (χ2v) is 5.27. The van der Waals surface area contributed by atoms with E-state index in [4.69, 9.17) is 9.47 Å². The summed E-state index contributed by atoms with van der Waals surface area (Å²) in [5, 5.41) is 12.5. The zero-order chi connectivity index (χ0) is 12.8. The SMILES string of the molecule is O=C(CCC1CCCO1)NC1(CO)CCOCC1. The summed E-state index contributed by atoms with van der Waals surface area (Å²) in [7, 11) is 0. The molecule has 2 rings (SSSR count). The first-order valence-electron chi connectivity index (χ1n) is 6.85. The van der Waals surface area contributed by atoms with Gasteiger partial charge in [-0.25, -0.2) is 0 Å². The van der Waals surface area contributed by atoms with Crippen LogP contribution in [-0.2, 0) is 14.3 Å². The van der Waals surface area contributed by atoms with Crippen molar-refractivity contribution in [2.45, 2.75) is 50.2 Å². The quantitative estimate of drug-likeness (QED) is 0.757. The molecule has 0 bridgehead atoms. The predicted octanol–water partition coefficient (Wildman–Crippen LogP) is 0.603. The van der Waals surface area contributed by atoms with Crippen LogP contribution in [-0.4, -0.2) is 49.1 Å². The largest absolute Gasteiger partial charge is 0.394 e. The molecule has 18 heavy (non-hydrogen) atoms. The normalized spacial score (nSPS) is 27.1. The summed E-state index contributed by atoms with van der Waals surface area (Å²) >= 11 is 0. The summed E-state index contributed by atoms with van der Waals surface area (Å²) in [6.07, 6.45) is 5.05. The predicted molar refractivity (Wildman–Crippen MR) is 66.2 cm³/mol. The van der Waals surface area contributed by atoms with Crippen molar-refractivity contribution < 1.29 is 19.4 Å². The van der Waals surface area contributed by atoms with E-state index in [1.165, 1.54) is 0 Å². The number of carbonyl (C=O) groups is 1. The fourth-order valence-corrected chi connectivity index (χ4v) is 2.61. The van der Waals surface area contributed by atoms with Gasteiger partial charge in [-0.1, -0.05) is 0 Å². The Bertz CT molecular complexity index is 270. The molecule has 2 aliphatic rings. The molecule has 0 saturated carbocycles. The van der Waals surface area contributed by atoms with Crippen molar-refractivity contribution in [2.75, 3.05) is 26.4 Å². The third kappa shape index (κ3) is 3.67. The Morgan fingerprint density at radius 3 is 2.72 bits per heavy atom. The Morgan fingerprint density at radius 2 is 2.11 bits per heavy atom.